The van der Waals surface area contributed by atoms with E-state index >= 15 is 0 Å². The molecule has 0 unspecified atom stereocenters. The fourth-order valence-electron chi connectivity index (χ4n) is 2.17. The number of nitrogens with one attached hydrogen (secondary N) is 1. The molecule has 0 spiro atoms. The highest BCUT2D eigenvalue weighted by molar-refractivity contribution is 6.31. The van der Waals surface area contributed by atoms with Gasteiger partial charge < -0.3 is 14.8 Å². The van der Waals surface area contributed by atoms with Gasteiger partial charge in [-0.2, -0.15) is 0 Å². The molecule has 20 heavy (non-hydrogen) atoms. The maximum Gasteiger partial charge on any atom is 0.220 e. The summed E-state index contributed by atoms with van der Waals surface area (Å²) < 4.78 is 11.0. The Balaban J connectivity index is 1.67. The Labute approximate surface area is 124 Å². The Morgan fingerprint density at radius 3 is 2.75 bits per heavy atom. The van der Waals surface area contributed by atoms with Crippen molar-refractivity contribution in [2.75, 3.05) is 19.8 Å². The minimum atomic E-state index is -0.546. The topological polar surface area (TPSA) is 47.6 Å². The number of ether oxygens (including phenoxy) is 2. The molecule has 0 aromatic heterocycles. The Hall–Kier alpha value is -1.10. The van der Waals surface area contributed by atoms with Crippen molar-refractivity contribution in [2.45, 2.75) is 32.0 Å². The molecule has 0 radical (unpaired) electrons. The van der Waals surface area contributed by atoms with Gasteiger partial charge in [-0.25, -0.2) is 0 Å². The highest BCUT2D eigenvalue weighted by Crippen LogP contribution is 2.21. The Morgan fingerprint density at radius 2 is 2.05 bits per heavy atom. The van der Waals surface area contributed by atoms with Crippen LogP contribution in [0.3, 0.4) is 0 Å². The zero-order chi connectivity index (χ0) is 14.4. The van der Waals surface area contributed by atoms with Crippen LogP contribution in [0, 0.1) is 0 Å². The number of benzene rings is 1. The minimum absolute atomic E-state index is 0.0199. The van der Waals surface area contributed by atoms with Crippen LogP contribution in [0.1, 0.15) is 25.3 Å². The molecule has 1 fully saturated rings. The first-order chi connectivity index (χ1) is 9.59. The van der Waals surface area contributed by atoms with Gasteiger partial charge in [0.1, 0.15) is 0 Å². The molecule has 110 valence electrons. The molecular formula is C15H20ClNO3. The van der Waals surface area contributed by atoms with E-state index in [1.165, 1.54) is 0 Å². The normalized spacial score (nSPS) is 17.1. The van der Waals surface area contributed by atoms with E-state index in [2.05, 4.69) is 5.32 Å². The lowest BCUT2D eigenvalue weighted by molar-refractivity contribution is -0.146. The first-order valence-corrected chi connectivity index (χ1v) is 7.25. The molecular weight excluding hydrogens is 278 g/mol. The number of carbonyl (C=O) groups excluding carboxylic acids is 1. The van der Waals surface area contributed by atoms with Crippen molar-refractivity contribution in [3.63, 3.8) is 0 Å². The zero-order valence-corrected chi connectivity index (χ0v) is 12.4. The summed E-state index contributed by atoms with van der Waals surface area (Å²) in [5, 5.41) is 3.59. The largest absolute Gasteiger partial charge is 0.356 e. The van der Waals surface area contributed by atoms with Crippen molar-refractivity contribution in [1.82, 2.24) is 5.32 Å². The molecule has 1 amide bonds. The van der Waals surface area contributed by atoms with Crippen LogP contribution in [0.5, 0.6) is 0 Å². The van der Waals surface area contributed by atoms with E-state index in [9.17, 15) is 4.79 Å². The third-order valence-electron chi connectivity index (χ3n) is 3.38. The van der Waals surface area contributed by atoms with Crippen molar-refractivity contribution in [1.29, 1.82) is 0 Å². The van der Waals surface area contributed by atoms with Gasteiger partial charge in [0.05, 0.1) is 13.2 Å². The van der Waals surface area contributed by atoms with E-state index in [4.69, 9.17) is 21.1 Å². The van der Waals surface area contributed by atoms with E-state index in [1.807, 2.05) is 31.2 Å². The van der Waals surface area contributed by atoms with Gasteiger partial charge in [-0.1, -0.05) is 29.8 Å². The lowest BCUT2D eigenvalue weighted by Crippen LogP contribution is -2.33. The first kappa shape index (κ1) is 15.3. The predicted octanol–water partition coefficient (Wildman–Crippen LogP) is 2.54. The van der Waals surface area contributed by atoms with Gasteiger partial charge in [0.25, 0.3) is 0 Å². The molecule has 0 atom stereocenters. The summed E-state index contributed by atoms with van der Waals surface area (Å²) in [5.74, 6) is -0.526. The minimum Gasteiger partial charge on any atom is -0.356 e. The second-order valence-corrected chi connectivity index (χ2v) is 5.43. The summed E-state index contributed by atoms with van der Waals surface area (Å²) in [4.78, 5) is 11.8. The van der Waals surface area contributed by atoms with E-state index in [0.717, 1.165) is 5.56 Å². The van der Waals surface area contributed by atoms with Gasteiger partial charge in [-0.3, -0.25) is 4.79 Å². The van der Waals surface area contributed by atoms with Gasteiger partial charge in [0.15, 0.2) is 5.79 Å². The van der Waals surface area contributed by atoms with Crippen LogP contribution in [0.4, 0.5) is 0 Å². The molecule has 0 saturated carbocycles. The fraction of sp³-hybridized carbons (Fsp3) is 0.533. The quantitative estimate of drug-likeness (QED) is 0.878. The van der Waals surface area contributed by atoms with Crippen LogP contribution >= 0.6 is 11.6 Å². The Morgan fingerprint density at radius 1 is 1.35 bits per heavy atom. The number of amides is 1. The smallest absolute Gasteiger partial charge is 0.220 e. The molecule has 4 nitrogen and oxygen atoms in total. The number of carbonyl (C=O) groups is 1. The Bertz CT molecular complexity index is 458. The number of halogens is 1. The van der Waals surface area contributed by atoms with Crippen molar-refractivity contribution < 1.29 is 14.3 Å². The third-order valence-corrected chi connectivity index (χ3v) is 3.75. The van der Waals surface area contributed by atoms with Crippen LogP contribution in [0.2, 0.25) is 5.02 Å². The summed E-state index contributed by atoms with van der Waals surface area (Å²) in [5.41, 5.74) is 0.999. The average Bonchev–Trinajstić information content (AvgIpc) is 2.85. The third kappa shape index (κ3) is 4.47. The SMILES string of the molecule is CC1(CCNC(=O)CCc2ccccc2Cl)OCCO1. The van der Waals surface area contributed by atoms with Crippen LogP contribution < -0.4 is 5.32 Å². The predicted molar refractivity (Wildman–Crippen MR) is 77.7 cm³/mol. The molecule has 1 aromatic carbocycles. The summed E-state index contributed by atoms with van der Waals surface area (Å²) >= 11 is 6.05. The van der Waals surface area contributed by atoms with Gasteiger partial charge in [-0.05, 0) is 25.0 Å². The summed E-state index contributed by atoms with van der Waals surface area (Å²) in [6.07, 6.45) is 1.74. The molecule has 0 bridgehead atoms. The molecule has 1 saturated heterocycles. The van der Waals surface area contributed by atoms with Crippen molar-refractivity contribution >= 4 is 17.5 Å². The fourth-order valence-corrected chi connectivity index (χ4v) is 2.40. The summed E-state index contributed by atoms with van der Waals surface area (Å²) in [7, 11) is 0. The van der Waals surface area contributed by atoms with E-state index < -0.39 is 5.79 Å². The van der Waals surface area contributed by atoms with Crippen molar-refractivity contribution in [3.05, 3.63) is 34.9 Å². The summed E-state index contributed by atoms with van der Waals surface area (Å²) in [6, 6.07) is 7.59. The van der Waals surface area contributed by atoms with Crippen LogP contribution in [0.15, 0.2) is 24.3 Å². The second-order valence-electron chi connectivity index (χ2n) is 5.02. The van der Waals surface area contributed by atoms with E-state index in [1.54, 1.807) is 0 Å². The monoisotopic (exact) mass is 297 g/mol. The van der Waals surface area contributed by atoms with Gasteiger partial charge in [0.2, 0.25) is 5.91 Å². The van der Waals surface area contributed by atoms with Crippen LogP contribution in [-0.4, -0.2) is 31.5 Å². The molecule has 1 N–H and O–H groups in total. The van der Waals surface area contributed by atoms with Crippen molar-refractivity contribution in [2.24, 2.45) is 0 Å². The van der Waals surface area contributed by atoms with Gasteiger partial charge in [-0.15, -0.1) is 0 Å². The number of rotatable bonds is 6. The van der Waals surface area contributed by atoms with Crippen LogP contribution in [0.25, 0.3) is 0 Å². The highest BCUT2D eigenvalue weighted by Gasteiger charge is 2.30. The average molecular weight is 298 g/mol. The molecule has 1 aliphatic heterocycles. The maximum atomic E-state index is 11.8. The van der Waals surface area contributed by atoms with Crippen molar-refractivity contribution in [3.8, 4) is 0 Å². The van der Waals surface area contributed by atoms with E-state index in [-0.39, 0.29) is 5.91 Å². The maximum absolute atomic E-state index is 11.8. The molecule has 1 aromatic rings. The number of hydrogen-bond donors (Lipinski definition) is 1. The molecule has 5 heteroatoms. The molecule has 0 aliphatic carbocycles. The lowest BCUT2D eigenvalue weighted by atomic mass is 10.1. The molecule has 1 heterocycles. The first-order valence-electron chi connectivity index (χ1n) is 6.87. The summed E-state index contributed by atoms with van der Waals surface area (Å²) in [6.45, 7) is 3.70. The molecule has 2 rings (SSSR count). The van der Waals surface area contributed by atoms with Crippen LogP contribution in [-0.2, 0) is 20.7 Å². The van der Waals surface area contributed by atoms with E-state index in [0.29, 0.717) is 44.0 Å². The van der Waals surface area contributed by atoms with Gasteiger partial charge >= 0.3 is 0 Å². The number of hydrogen-bond acceptors (Lipinski definition) is 3. The second kappa shape index (κ2) is 7.07. The molecule has 1 aliphatic rings. The zero-order valence-electron chi connectivity index (χ0n) is 11.7. The lowest BCUT2D eigenvalue weighted by Gasteiger charge is -2.22. The van der Waals surface area contributed by atoms with Gasteiger partial charge in [0, 0.05) is 24.4 Å². The number of aryl methyl sites for hydroxylation is 1. The standard InChI is InChI=1S/C15H20ClNO3/c1-15(19-10-11-20-15)8-9-17-14(18)7-6-12-4-2-3-5-13(12)16/h2-5H,6-11H2,1H3,(H,17,18). The Kier molecular flexibility index (Phi) is 5.40. The highest BCUT2D eigenvalue weighted by atomic mass is 35.5.